The van der Waals surface area contributed by atoms with Crippen LogP contribution in [-0.4, -0.2) is 9.38 Å². The molecule has 0 radical (unpaired) electrons. The Morgan fingerprint density at radius 2 is 1.83 bits per heavy atom. The highest BCUT2D eigenvalue weighted by atomic mass is 35.5. The summed E-state index contributed by atoms with van der Waals surface area (Å²) in [5.41, 5.74) is 7.64. The summed E-state index contributed by atoms with van der Waals surface area (Å²) >= 11 is 12.1. The standard InChI is InChI=1S/C13H9Cl2N3/c14-9-4-1-3-8(7-9)13-17-12(15)10-5-2-6-11(16)18(10)13/h1-7H,16H2. The molecule has 3 rings (SSSR count). The summed E-state index contributed by atoms with van der Waals surface area (Å²) in [7, 11) is 0. The molecule has 0 fully saturated rings. The predicted molar refractivity (Wildman–Crippen MR) is 75.1 cm³/mol. The highest BCUT2D eigenvalue weighted by Crippen LogP contribution is 2.29. The van der Waals surface area contributed by atoms with Gasteiger partial charge in [0.1, 0.15) is 11.6 Å². The van der Waals surface area contributed by atoms with Gasteiger partial charge in [-0.25, -0.2) is 4.98 Å². The zero-order chi connectivity index (χ0) is 12.7. The van der Waals surface area contributed by atoms with E-state index in [1.165, 1.54) is 0 Å². The zero-order valence-electron chi connectivity index (χ0n) is 9.27. The molecule has 0 bridgehead atoms. The number of halogens is 2. The molecule has 18 heavy (non-hydrogen) atoms. The number of aromatic nitrogens is 2. The first kappa shape index (κ1) is 11.4. The molecular formula is C13H9Cl2N3. The maximum Gasteiger partial charge on any atom is 0.155 e. The van der Waals surface area contributed by atoms with Crippen LogP contribution in [0.1, 0.15) is 0 Å². The van der Waals surface area contributed by atoms with Gasteiger partial charge in [0, 0.05) is 10.6 Å². The van der Waals surface area contributed by atoms with Crippen molar-refractivity contribution in [1.82, 2.24) is 9.38 Å². The Bertz CT molecular complexity index is 734. The minimum Gasteiger partial charge on any atom is -0.385 e. The number of fused-ring (bicyclic) bond motifs is 1. The second kappa shape index (κ2) is 4.19. The molecule has 0 aliphatic rings. The van der Waals surface area contributed by atoms with Crippen molar-refractivity contribution in [3.8, 4) is 11.4 Å². The number of hydrogen-bond acceptors (Lipinski definition) is 2. The Balaban J connectivity index is 2.36. The summed E-state index contributed by atoms with van der Waals surface area (Å²) < 4.78 is 1.81. The number of anilines is 1. The lowest BCUT2D eigenvalue weighted by atomic mass is 10.2. The lowest BCUT2D eigenvalue weighted by Crippen LogP contribution is -1.97. The summed E-state index contributed by atoms with van der Waals surface area (Å²) in [6, 6.07) is 13.0. The topological polar surface area (TPSA) is 43.3 Å². The average molecular weight is 278 g/mol. The first-order chi connectivity index (χ1) is 8.66. The normalized spacial score (nSPS) is 11.0. The van der Waals surface area contributed by atoms with Crippen LogP contribution >= 0.6 is 23.2 Å². The molecule has 0 aliphatic heterocycles. The average Bonchev–Trinajstić information content (AvgIpc) is 2.69. The molecule has 3 aromatic rings. The van der Waals surface area contributed by atoms with E-state index in [-0.39, 0.29) is 0 Å². The molecule has 3 nitrogen and oxygen atoms in total. The molecule has 0 amide bonds. The third-order valence-electron chi connectivity index (χ3n) is 2.73. The Kier molecular flexibility index (Phi) is 2.65. The summed E-state index contributed by atoms with van der Waals surface area (Å²) in [6.07, 6.45) is 0. The largest absolute Gasteiger partial charge is 0.385 e. The molecule has 90 valence electrons. The molecule has 0 aliphatic carbocycles. The zero-order valence-corrected chi connectivity index (χ0v) is 10.8. The second-order valence-electron chi connectivity index (χ2n) is 3.91. The van der Waals surface area contributed by atoms with Crippen LogP contribution in [0.3, 0.4) is 0 Å². The molecule has 0 saturated carbocycles. The van der Waals surface area contributed by atoms with Gasteiger partial charge in [-0.1, -0.05) is 41.4 Å². The number of pyridine rings is 1. The van der Waals surface area contributed by atoms with E-state index in [9.17, 15) is 0 Å². The molecule has 2 aromatic heterocycles. The van der Waals surface area contributed by atoms with Crippen molar-refractivity contribution in [2.24, 2.45) is 0 Å². The molecule has 2 heterocycles. The van der Waals surface area contributed by atoms with Gasteiger partial charge in [-0.3, -0.25) is 4.40 Å². The van der Waals surface area contributed by atoms with E-state index in [0.29, 0.717) is 21.8 Å². The number of benzene rings is 1. The Labute approximate surface area is 114 Å². The number of nitrogens with zero attached hydrogens (tertiary/aromatic N) is 2. The van der Waals surface area contributed by atoms with Crippen molar-refractivity contribution in [1.29, 1.82) is 0 Å². The van der Waals surface area contributed by atoms with Gasteiger partial charge in [-0.05, 0) is 24.3 Å². The van der Waals surface area contributed by atoms with E-state index in [2.05, 4.69) is 4.98 Å². The number of rotatable bonds is 1. The fourth-order valence-corrected chi connectivity index (χ4v) is 2.36. The van der Waals surface area contributed by atoms with Crippen LogP contribution < -0.4 is 5.73 Å². The van der Waals surface area contributed by atoms with Crippen LogP contribution in [0.15, 0.2) is 42.5 Å². The molecule has 1 aromatic carbocycles. The van der Waals surface area contributed by atoms with Gasteiger partial charge in [0.2, 0.25) is 0 Å². The lowest BCUT2D eigenvalue weighted by molar-refractivity contribution is 1.17. The molecule has 0 unspecified atom stereocenters. The van der Waals surface area contributed by atoms with Crippen molar-refractivity contribution in [2.75, 3.05) is 5.73 Å². The first-order valence-corrected chi connectivity index (χ1v) is 6.11. The summed E-state index contributed by atoms with van der Waals surface area (Å²) in [5, 5.41) is 1.08. The monoisotopic (exact) mass is 277 g/mol. The highest BCUT2D eigenvalue weighted by Gasteiger charge is 2.12. The quantitative estimate of drug-likeness (QED) is 0.733. The van der Waals surface area contributed by atoms with Gasteiger partial charge >= 0.3 is 0 Å². The number of hydrogen-bond donors (Lipinski definition) is 1. The van der Waals surface area contributed by atoms with Gasteiger partial charge < -0.3 is 5.73 Å². The molecule has 2 N–H and O–H groups in total. The lowest BCUT2D eigenvalue weighted by Gasteiger charge is -2.04. The van der Waals surface area contributed by atoms with E-state index < -0.39 is 0 Å². The number of nitrogen functional groups attached to an aromatic ring is 1. The van der Waals surface area contributed by atoms with Crippen molar-refractivity contribution in [3.63, 3.8) is 0 Å². The Hall–Kier alpha value is -1.71. The second-order valence-corrected chi connectivity index (χ2v) is 4.70. The number of imidazole rings is 1. The third kappa shape index (κ3) is 1.72. The van der Waals surface area contributed by atoms with Gasteiger partial charge in [0.15, 0.2) is 5.15 Å². The summed E-state index contributed by atoms with van der Waals surface area (Å²) in [4.78, 5) is 4.35. The fourth-order valence-electron chi connectivity index (χ4n) is 1.94. The van der Waals surface area contributed by atoms with Crippen molar-refractivity contribution < 1.29 is 0 Å². The van der Waals surface area contributed by atoms with Gasteiger partial charge in [0.25, 0.3) is 0 Å². The SMILES string of the molecule is Nc1cccc2c(Cl)nc(-c3cccc(Cl)c3)n12. The van der Waals surface area contributed by atoms with Crippen molar-refractivity contribution in [3.05, 3.63) is 52.6 Å². The first-order valence-electron chi connectivity index (χ1n) is 5.35. The summed E-state index contributed by atoms with van der Waals surface area (Å²) in [5.74, 6) is 1.28. The van der Waals surface area contributed by atoms with E-state index in [4.69, 9.17) is 28.9 Å². The molecule has 0 saturated heterocycles. The van der Waals surface area contributed by atoms with Crippen LogP contribution in [0.4, 0.5) is 5.82 Å². The minimum absolute atomic E-state index is 0.428. The number of nitrogens with two attached hydrogens (primary N) is 1. The molecule has 5 heteroatoms. The van der Waals surface area contributed by atoms with Crippen LogP contribution in [0.2, 0.25) is 10.2 Å². The summed E-state index contributed by atoms with van der Waals surface area (Å²) in [6.45, 7) is 0. The van der Waals surface area contributed by atoms with Crippen LogP contribution in [-0.2, 0) is 0 Å². The smallest absolute Gasteiger partial charge is 0.155 e. The van der Waals surface area contributed by atoms with E-state index in [0.717, 1.165) is 11.1 Å². The maximum atomic E-state index is 6.12. The molecule has 0 atom stereocenters. The van der Waals surface area contributed by atoms with Crippen LogP contribution in [0, 0.1) is 0 Å². The molecule has 0 spiro atoms. The van der Waals surface area contributed by atoms with Crippen molar-refractivity contribution in [2.45, 2.75) is 0 Å². The van der Waals surface area contributed by atoms with Gasteiger partial charge in [-0.2, -0.15) is 0 Å². The van der Waals surface area contributed by atoms with E-state index in [1.54, 1.807) is 6.07 Å². The minimum atomic E-state index is 0.428. The molecular weight excluding hydrogens is 269 g/mol. The Morgan fingerprint density at radius 3 is 2.61 bits per heavy atom. The third-order valence-corrected chi connectivity index (χ3v) is 3.24. The van der Waals surface area contributed by atoms with E-state index >= 15 is 0 Å². The van der Waals surface area contributed by atoms with E-state index in [1.807, 2.05) is 40.8 Å². The van der Waals surface area contributed by atoms with Gasteiger partial charge in [-0.15, -0.1) is 0 Å². The fraction of sp³-hybridized carbons (Fsp3) is 0. The van der Waals surface area contributed by atoms with Crippen LogP contribution in [0.25, 0.3) is 16.9 Å². The van der Waals surface area contributed by atoms with Gasteiger partial charge in [0.05, 0.1) is 5.52 Å². The highest BCUT2D eigenvalue weighted by molar-refractivity contribution is 6.33. The Morgan fingerprint density at radius 1 is 1.06 bits per heavy atom. The van der Waals surface area contributed by atoms with Crippen LogP contribution in [0.5, 0.6) is 0 Å². The maximum absolute atomic E-state index is 6.12. The van der Waals surface area contributed by atoms with Crippen molar-refractivity contribution >= 4 is 34.5 Å². The predicted octanol–water partition coefficient (Wildman–Crippen LogP) is 3.89.